The number of carbonyl (C=O) groups excluding carboxylic acids is 1. The third kappa shape index (κ3) is 2.26. The van der Waals surface area contributed by atoms with E-state index in [1.807, 2.05) is 4.90 Å². The van der Waals surface area contributed by atoms with Crippen molar-refractivity contribution < 1.29 is 13.9 Å². The monoisotopic (exact) mass is 278 g/mol. The minimum absolute atomic E-state index is 0.0877. The highest BCUT2D eigenvalue weighted by molar-refractivity contribution is 5.94. The van der Waals surface area contributed by atoms with E-state index < -0.39 is 5.82 Å². The van der Waals surface area contributed by atoms with Crippen LogP contribution in [0.15, 0.2) is 18.2 Å². The Labute approximate surface area is 117 Å². The molecule has 108 valence electrons. The molecule has 0 aromatic heterocycles. The predicted octanol–water partition coefficient (Wildman–Crippen LogP) is 1.66. The molecule has 1 N–H and O–H groups in total. The Balaban J connectivity index is 1.75. The Hall–Kier alpha value is -1.62. The van der Waals surface area contributed by atoms with E-state index in [2.05, 4.69) is 5.32 Å². The smallest absolute Gasteiger partial charge is 0.253 e. The predicted molar refractivity (Wildman–Crippen MR) is 73.4 cm³/mol. The summed E-state index contributed by atoms with van der Waals surface area (Å²) in [6.45, 7) is 3.54. The maximum atomic E-state index is 13.7. The second-order valence-corrected chi connectivity index (χ2v) is 5.75. The summed E-state index contributed by atoms with van der Waals surface area (Å²) < 4.78 is 18.6. The van der Waals surface area contributed by atoms with Crippen LogP contribution in [0.2, 0.25) is 0 Å². The van der Waals surface area contributed by atoms with Gasteiger partial charge in [0.1, 0.15) is 0 Å². The van der Waals surface area contributed by atoms with Crippen molar-refractivity contribution in [3.63, 3.8) is 0 Å². The number of amides is 1. The number of rotatable bonds is 2. The summed E-state index contributed by atoms with van der Waals surface area (Å²) >= 11 is 0. The van der Waals surface area contributed by atoms with Gasteiger partial charge in [0.2, 0.25) is 0 Å². The zero-order valence-electron chi connectivity index (χ0n) is 11.6. The molecule has 4 nitrogen and oxygen atoms in total. The topological polar surface area (TPSA) is 41.6 Å². The molecule has 0 bridgehead atoms. The van der Waals surface area contributed by atoms with Crippen LogP contribution in [-0.2, 0) is 0 Å². The molecule has 2 fully saturated rings. The summed E-state index contributed by atoms with van der Waals surface area (Å²) in [6, 6.07) is 4.40. The largest absolute Gasteiger partial charge is 0.494 e. The van der Waals surface area contributed by atoms with Gasteiger partial charge in [-0.3, -0.25) is 4.79 Å². The lowest BCUT2D eigenvalue weighted by molar-refractivity contribution is 0.0775. The van der Waals surface area contributed by atoms with Gasteiger partial charge in [-0.1, -0.05) is 0 Å². The highest BCUT2D eigenvalue weighted by Crippen LogP contribution is 2.36. The molecule has 0 radical (unpaired) electrons. The molecule has 1 amide bonds. The normalized spacial score (nSPS) is 25.4. The van der Waals surface area contributed by atoms with Crippen molar-refractivity contribution in [2.45, 2.75) is 12.8 Å². The van der Waals surface area contributed by atoms with Crippen LogP contribution in [0.3, 0.4) is 0 Å². The average Bonchev–Trinajstić information content (AvgIpc) is 3.09. The molecule has 2 aliphatic rings. The maximum Gasteiger partial charge on any atom is 0.253 e. The van der Waals surface area contributed by atoms with Gasteiger partial charge < -0.3 is 15.0 Å². The van der Waals surface area contributed by atoms with Crippen molar-refractivity contribution in [2.75, 3.05) is 33.3 Å². The zero-order chi connectivity index (χ0) is 14.2. The molecule has 2 saturated heterocycles. The number of hydrogen-bond donors (Lipinski definition) is 1. The van der Waals surface area contributed by atoms with Crippen LogP contribution in [0.4, 0.5) is 4.39 Å². The summed E-state index contributed by atoms with van der Waals surface area (Å²) in [6.07, 6.45) is 2.15. The van der Waals surface area contributed by atoms with E-state index >= 15 is 0 Å². The van der Waals surface area contributed by atoms with Crippen molar-refractivity contribution in [3.8, 4) is 5.75 Å². The van der Waals surface area contributed by atoms with E-state index in [1.165, 1.54) is 19.2 Å². The Bertz CT molecular complexity index is 527. The highest BCUT2D eigenvalue weighted by Gasteiger charge is 2.41. The molecule has 2 heterocycles. The first kappa shape index (κ1) is 13.4. The Morgan fingerprint density at radius 2 is 2.30 bits per heavy atom. The number of methoxy groups -OCH3 is 1. The van der Waals surface area contributed by atoms with Crippen LogP contribution in [0, 0.1) is 11.2 Å². The minimum Gasteiger partial charge on any atom is -0.494 e. The van der Waals surface area contributed by atoms with E-state index in [4.69, 9.17) is 4.74 Å². The standard InChI is InChI=1S/C15H19FN2O2/c1-20-13-3-2-11(8-12(13)16)14(19)18-7-5-15(10-18)4-6-17-9-15/h2-3,8,17H,4-7,9-10H2,1H3. The van der Waals surface area contributed by atoms with Gasteiger partial charge in [0.15, 0.2) is 11.6 Å². The van der Waals surface area contributed by atoms with Crippen LogP contribution in [0.25, 0.3) is 0 Å². The lowest BCUT2D eigenvalue weighted by atomic mass is 9.86. The van der Waals surface area contributed by atoms with Crippen molar-refractivity contribution >= 4 is 5.91 Å². The molecule has 1 atom stereocenters. The summed E-state index contributed by atoms with van der Waals surface area (Å²) in [4.78, 5) is 14.3. The van der Waals surface area contributed by atoms with E-state index in [1.54, 1.807) is 6.07 Å². The van der Waals surface area contributed by atoms with E-state index in [-0.39, 0.29) is 17.1 Å². The highest BCUT2D eigenvalue weighted by atomic mass is 19.1. The Kier molecular flexibility index (Phi) is 3.38. The van der Waals surface area contributed by atoms with Gasteiger partial charge >= 0.3 is 0 Å². The Morgan fingerprint density at radius 1 is 1.45 bits per heavy atom. The Morgan fingerprint density at radius 3 is 2.95 bits per heavy atom. The zero-order valence-corrected chi connectivity index (χ0v) is 11.6. The van der Waals surface area contributed by atoms with Gasteiger partial charge in [0, 0.05) is 30.6 Å². The van der Waals surface area contributed by atoms with Crippen molar-refractivity contribution in [3.05, 3.63) is 29.6 Å². The fraction of sp³-hybridized carbons (Fsp3) is 0.533. The number of benzene rings is 1. The van der Waals surface area contributed by atoms with Crippen molar-refractivity contribution in [2.24, 2.45) is 5.41 Å². The minimum atomic E-state index is -0.491. The van der Waals surface area contributed by atoms with E-state index in [9.17, 15) is 9.18 Å². The van der Waals surface area contributed by atoms with Gasteiger partial charge in [0.25, 0.3) is 5.91 Å². The average molecular weight is 278 g/mol. The lowest BCUT2D eigenvalue weighted by Gasteiger charge is -2.22. The molecular weight excluding hydrogens is 259 g/mol. The number of ether oxygens (including phenoxy) is 1. The van der Waals surface area contributed by atoms with Gasteiger partial charge in [-0.15, -0.1) is 0 Å². The molecular formula is C15H19FN2O2. The van der Waals surface area contributed by atoms with Crippen LogP contribution < -0.4 is 10.1 Å². The second-order valence-electron chi connectivity index (χ2n) is 5.75. The maximum absolute atomic E-state index is 13.7. The van der Waals surface area contributed by atoms with Crippen LogP contribution >= 0.6 is 0 Å². The van der Waals surface area contributed by atoms with Crippen LogP contribution in [0.1, 0.15) is 23.2 Å². The second kappa shape index (κ2) is 5.05. The van der Waals surface area contributed by atoms with Gasteiger partial charge in [-0.2, -0.15) is 0 Å². The quantitative estimate of drug-likeness (QED) is 0.894. The summed E-state index contributed by atoms with van der Waals surface area (Å²) in [5, 5.41) is 3.36. The molecule has 1 unspecified atom stereocenters. The summed E-state index contributed by atoms with van der Waals surface area (Å²) in [5.41, 5.74) is 0.632. The van der Waals surface area contributed by atoms with Crippen LogP contribution in [-0.4, -0.2) is 44.1 Å². The SMILES string of the molecule is COc1ccc(C(=O)N2CCC3(CCNC3)C2)cc1F. The number of carbonyl (C=O) groups is 1. The molecule has 1 aromatic carbocycles. The number of hydrogen-bond acceptors (Lipinski definition) is 3. The summed E-state index contributed by atoms with van der Waals surface area (Å²) in [7, 11) is 1.41. The number of halogens is 1. The first-order chi connectivity index (χ1) is 9.63. The molecule has 2 aliphatic heterocycles. The molecule has 0 aliphatic carbocycles. The first-order valence-corrected chi connectivity index (χ1v) is 6.97. The van der Waals surface area contributed by atoms with Gasteiger partial charge in [-0.05, 0) is 37.6 Å². The fourth-order valence-corrected chi connectivity index (χ4v) is 3.23. The van der Waals surface area contributed by atoms with Gasteiger partial charge in [0.05, 0.1) is 7.11 Å². The van der Waals surface area contributed by atoms with E-state index in [0.29, 0.717) is 5.56 Å². The van der Waals surface area contributed by atoms with Crippen LogP contribution in [0.5, 0.6) is 5.75 Å². The number of nitrogens with zero attached hydrogens (tertiary/aromatic N) is 1. The molecule has 1 aromatic rings. The number of likely N-dealkylation sites (tertiary alicyclic amines) is 1. The molecule has 5 heteroatoms. The van der Waals surface area contributed by atoms with Crippen molar-refractivity contribution in [1.29, 1.82) is 0 Å². The third-order valence-corrected chi connectivity index (χ3v) is 4.46. The molecule has 3 rings (SSSR count). The first-order valence-electron chi connectivity index (χ1n) is 6.97. The molecule has 1 spiro atoms. The summed E-state index contributed by atoms with van der Waals surface area (Å²) in [5.74, 6) is -0.412. The van der Waals surface area contributed by atoms with Gasteiger partial charge in [-0.25, -0.2) is 4.39 Å². The van der Waals surface area contributed by atoms with E-state index in [0.717, 1.165) is 39.0 Å². The third-order valence-electron chi connectivity index (χ3n) is 4.46. The fourth-order valence-electron chi connectivity index (χ4n) is 3.23. The molecule has 20 heavy (non-hydrogen) atoms. The number of nitrogens with one attached hydrogen (secondary N) is 1. The molecule has 0 saturated carbocycles. The lowest BCUT2D eigenvalue weighted by Crippen LogP contribution is -2.33. The van der Waals surface area contributed by atoms with Crippen molar-refractivity contribution in [1.82, 2.24) is 10.2 Å².